The van der Waals surface area contributed by atoms with Crippen molar-refractivity contribution >= 4 is 22.8 Å². The van der Waals surface area contributed by atoms with Gasteiger partial charge in [-0.2, -0.15) is 0 Å². The lowest BCUT2D eigenvalue weighted by Gasteiger charge is -2.34. The van der Waals surface area contributed by atoms with Crippen LogP contribution in [-0.2, 0) is 0 Å². The number of rotatable bonds is 11. The Morgan fingerprint density at radius 1 is 0.675 bits per heavy atom. The smallest absolute Gasteiger partial charge is 0.254 e. The summed E-state index contributed by atoms with van der Waals surface area (Å²) in [4.78, 5) is 16.7. The third-order valence-electron chi connectivity index (χ3n) is 7.44. The molecule has 0 fully saturated rings. The molecule has 200 valence electrons. The topological polar surface area (TPSA) is 20.3 Å². The predicted molar refractivity (Wildman–Crippen MR) is 168 cm³/mol. The molecule has 0 aliphatic carbocycles. The van der Waals surface area contributed by atoms with Crippen LogP contribution in [0.25, 0.3) is 16.8 Å². The number of nitrogens with zero attached hydrogens (tertiary/aromatic N) is 1. The molecule has 0 saturated carbocycles. The van der Waals surface area contributed by atoms with E-state index in [1.54, 1.807) is 0 Å². The SMILES string of the molecule is CCCCC/C(=C\c1ccccc1)CN(C(=O)c1ccc2ccccc2c1)C(c1ccccc1)c1ccccc1. The minimum atomic E-state index is -0.216. The van der Waals surface area contributed by atoms with Gasteiger partial charge < -0.3 is 4.90 Å². The van der Waals surface area contributed by atoms with Gasteiger partial charge in [0.05, 0.1) is 6.04 Å². The molecular formula is C38H37NO. The van der Waals surface area contributed by atoms with Gasteiger partial charge in [-0.25, -0.2) is 0 Å². The Morgan fingerprint density at radius 2 is 1.25 bits per heavy atom. The first-order valence-electron chi connectivity index (χ1n) is 14.4. The highest BCUT2D eigenvalue weighted by molar-refractivity contribution is 5.99. The fraction of sp³-hybridized carbons (Fsp3) is 0.184. The second kappa shape index (κ2) is 13.6. The van der Waals surface area contributed by atoms with Gasteiger partial charge in [0.25, 0.3) is 5.91 Å². The zero-order chi connectivity index (χ0) is 27.6. The first-order valence-corrected chi connectivity index (χ1v) is 14.4. The molecule has 5 rings (SSSR count). The van der Waals surface area contributed by atoms with Crippen molar-refractivity contribution in [1.29, 1.82) is 0 Å². The monoisotopic (exact) mass is 523 g/mol. The van der Waals surface area contributed by atoms with Gasteiger partial charge in [0.15, 0.2) is 0 Å². The first-order chi connectivity index (χ1) is 19.7. The average molecular weight is 524 g/mol. The number of unbranched alkanes of at least 4 members (excludes halogenated alkanes) is 2. The number of carbonyl (C=O) groups is 1. The Kier molecular flexibility index (Phi) is 9.21. The van der Waals surface area contributed by atoms with Crippen molar-refractivity contribution in [3.05, 3.63) is 161 Å². The van der Waals surface area contributed by atoms with Crippen molar-refractivity contribution in [1.82, 2.24) is 4.90 Å². The maximum absolute atomic E-state index is 14.6. The van der Waals surface area contributed by atoms with E-state index in [1.807, 2.05) is 42.5 Å². The molecule has 40 heavy (non-hydrogen) atoms. The summed E-state index contributed by atoms with van der Waals surface area (Å²) in [7, 11) is 0. The lowest BCUT2D eigenvalue weighted by Crippen LogP contribution is -2.37. The largest absolute Gasteiger partial charge is 0.323 e. The highest BCUT2D eigenvalue weighted by Crippen LogP contribution is 2.32. The summed E-state index contributed by atoms with van der Waals surface area (Å²) in [6, 6.07) is 45.4. The zero-order valence-electron chi connectivity index (χ0n) is 23.2. The van der Waals surface area contributed by atoms with Gasteiger partial charge >= 0.3 is 0 Å². The number of carbonyl (C=O) groups excluding carboxylic acids is 1. The molecule has 0 unspecified atom stereocenters. The molecule has 0 spiro atoms. The van der Waals surface area contributed by atoms with Crippen LogP contribution < -0.4 is 0 Å². The third-order valence-corrected chi connectivity index (χ3v) is 7.44. The van der Waals surface area contributed by atoms with E-state index in [9.17, 15) is 4.79 Å². The van der Waals surface area contributed by atoms with Crippen molar-refractivity contribution < 1.29 is 4.79 Å². The fourth-order valence-electron chi connectivity index (χ4n) is 5.39. The van der Waals surface area contributed by atoms with Crippen molar-refractivity contribution in [2.45, 2.75) is 38.6 Å². The summed E-state index contributed by atoms with van der Waals surface area (Å²) in [5.41, 5.74) is 5.36. The molecule has 0 atom stereocenters. The van der Waals surface area contributed by atoms with E-state index >= 15 is 0 Å². The van der Waals surface area contributed by atoms with E-state index in [0.29, 0.717) is 12.1 Å². The Labute approximate surface area is 238 Å². The van der Waals surface area contributed by atoms with Gasteiger partial charge in [-0.05, 0) is 52.4 Å². The van der Waals surface area contributed by atoms with E-state index in [1.165, 1.54) is 17.6 Å². The van der Waals surface area contributed by atoms with E-state index in [-0.39, 0.29) is 11.9 Å². The van der Waals surface area contributed by atoms with Crippen LogP contribution in [0, 0.1) is 0 Å². The Bertz CT molecular complexity index is 1500. The van der Waals surface area contributed by atoms with E-state index in [0.717, 1.165) is 41.2 Å². The standard InChI is InChI=1S/C38H37NO/c1-2-3-7-18-31(27-30-16-8-4-9-17-30)29-39(38(40)36-26-25-32-19-14-15-24-35(32)28-36)37(33-20-10-5-11-21-33)34-22-12-6-13-23-34/h4-6,8-17,19-28,37H,2-3,7,18,29H2,1H3/b31-27+. The molecule has 0 saturated heterocycles. The first kappa shape index (κ1) is 27.1. The predicted octanol–water partition coefficient (Wildman–Crippen LogP) is 9.74. The minimum Gasteiger partial charge on any atom is -0.323 e. The number of fused-ring (bicyclic) bond motifs is 1. The molecule has 0 aromatic heterocycles. The number of hydrogen-bond acceptors (Lipinski definition) is 1. The van der Waals surface area contributed by atoms with E-state index in [2.05, 4.69) is 109 Å². The van der Waals surface area contributed by atoms with Crippen LogP contribution in [-0.4, -0.2) is 17.4 Å². The van der Waals surface area contributed by atoms with Crippen LogP contribution in [0.4, 0.5) is 0 Å². The molecule has 0 N–H and O–H groups in total. The molecule has 1 amide bonds. The van der Waals surface area contributed by atoms with Gasteiger partial charge in [0, 0.05) is 12.1 Å². The second-order valence-electron chi connectivity index (χ2n) is 10.4. The molecule has 2 heteroatoms. The Balaban J connectivity index is 1.62. The average Bonchev–Trinajstić information content (AvgIpc) is 3.02. The van der Waals surface area contributed by atoms with Crippen LogP contribution in [0.15, 0.2) is 139 Å². The molecule has 5 aromatic carbocycles. The van der Waals surface area contributed by atoms with Crippen molar-refractivity contribution in [3.8, 4) is 0 Å². The maximum atomic E-state index is 14.6. The van der Waals surface area contributed by atoms with Gasteiger partial charge in [-0.1, -0.05) is 153 Å². The lowest BCUT2D eigenvalue weighted by molar-refractivity contribution is 0.0723. The molecular weight excluding hydrogens is 486 g/mol. The summed E-state index contributed by atoms with van der Waals surface area (Å²) < 4.78 is 0. The van der Waals surface area contributed by atoms with Crippen molar-refractivity contribution in [2.24, 2.45) is 0 Å². The molecule has 5 aromatic rings. The highest BCUT2D eigenvalue weighted by atomic mass is 16.2. The summed E-state index contributed by atoms with van der Waals surface area (Å²) in [6.45, 7) is 2.79. The lowest BCUT2D eigenvalue weighted by atomic mass is 9.94. The second-order valence-corrected chi connectivity index (χ2v) is 10.4. The van der Waals surface area contributed by atoms with E-state index < -0.39 is 0 Å². The highest BCUT2D eigenvalue weighted by Gasteiger charge is 2.28. The van der Waals surface area contributed by atoms with Crippen LogP contribution in [0.5, 0.6) is 0 Å². The van der Waals surface area contributed by atoms with Gasteiger partial charge in [0.1, 0.15) is 0 Å². The van der Waals surface area contributed by atoms with E-state index in [4.69, 9.17) is 0 Å². The molecule has 0 heterocycles. The number of benzene rings is 5. The summed E-state index contributed by atoms with van der Waals surface area (Å²) in [6.07, 6.45) is 6.68. The fourth-order valence-corrected chi connectivity index (χ4v) is 5.39. The van der Waals surface area contributed by atoms with Crippen LogP contribution in [0.2, 0.25) is 0 Å². The Hall–Kier alpha value is -4.43. The number of hydrogen-bond donors (Lipinski definition) is 0. The summed E-state index contributed by atoms with van der Waals surface area (Å²) in [5, 5.41) is 2.21. The zero-order valence-corrected chi connectivity index (χ0v) is 23.2. The van der Waals surface area contributed by atoms with Gasteiger partial charge in [-0.3, -0.25) is 4.79 Å². The van der Waals surface area contributed by atoms with Crippen LogP contribution in [0.3, 0.4) is 0 Å². The molecule has 0 radical (unpaired) electrons. The molecule has 0 aliphatic rings. The molecule has 0 aliphatic heterocycles. The molecule has 2 nitrogen and oxygen atoms in total. The van der Waals surface area contributed by atoms with Gasteiger partial charge in [-0.15, -0.1) is 0 Å². The maximum Gasteiger partial charge on any atom is 0.254 e. The summed E-state index contributed by atoms with van der Waals surface area (Å²) in [5.74, 6) is 0.0397. The van der Waals surface area contributed by atoms with Gasteiger partial charge in [0.2, 0.25) is 0 Å². The van der Waals surface area contributed by atoms with Crippen LogP contribution in [0.1, 0.15) is 65.7 Å². The van der Waals surface area contributed by atoms with Crippen LogP contribution >= 0.6 is 0 Å². The summed E-state index contributed by atoms with van der Waals surface area (Å²) >= 11 is 0. The number of amides is 1. The minimum absolute atomic E-state index is 0.0397. The van der Waals surface area contributed by atoms with Crippen molar-refractivity contribution in [2.75, 3.05) is 6.54 Å². The third kappa shape index (κ3) is 6.76. The normalized spacial score (nSPS) is 11.6. The Morgan fingerprint density at radius 3 is 1.88 bits per heavy atom. The quantitative estimate of drug-likeness (QED) is 0.158. The van der Waals surface area contributed by atoms with Crippen molar-refractivity contribution in [3.63, 3.8) is 0 Å². The molecule has 0 bridgehead atoms.